The van der Waals surface area contributed by atoms with E-state index in [1.165, 1.54) is 18.2 Å². The van der Waals surface area contributed by atoms with Gasteiger partial charge in [0.05, 0.1) is 3.57 Å². The van der Waals surface area contributed by atoms with Gasteiger partial charge in [0.1, 0.15) is 5.75 Å². The number of primary amides is 1. The fraction of sp³-hybridized carbons (Fsp3) is 0. The number of aromatic hydroxyl groups is 1. The zero-order valence-electron chi connectivity index (χ0n) is 5.54. The molecule has 0 bridgehead atoms. The fourth-order valence-electron chi connectivity index (χ4n) is 0.660. The van der Waals surface area contributed by atoms with E-state index >= 15 is 0 Å². The molecule has 0 radical (unpaired) electrons. The van der Waals surface area contributed by atoms with Crippen LogP contribution in [0.1, 0.15) is 10.4 Å². The maximum absolute atomic E-state index is 10.6. The predicted molar refractivity (Wildman–Crippen MR) is 49.3 cm³/mol. The fourth-order valence-corrected chi connectivity index (χ4v) is 1.18. The second-order valence-electron chi connectivity index (χ2n) is 2.03. The minimum absolute atomic E-state index is 0.163. The first kappa shape index (κ1) is 8.32. The number of carbonyl (C=O) groups excluding carboxylic acids is 1. The molecule has 1 amide bonds. The molecule has 1 aromatic rings. The normalized spacial score (nSPS) is 9.55. The Bertz CT molecular complexity index is 298. The lowest BCUT2D eigenvalue weighted by atomic mass is 10.2. The van der Waals surface area contributed by atoms with Crippen molar-refractivity contribution in [3.8, 4) is 5.75 Å². The van der Waals surface area contributed by atoms with Gasteiger partial charge in [-0.15, -0.1) is 0 Å². The van der Waals surface area contributed by atoms with E-state index in [1.54, 1.807) is 0 Å². The first-order chi connectivity index (χ1) is 5.11. The van der Waals surface area contributed by atoms with Crippen LogP contribution in [-0.4, -0.2) is 11.0 Å². The Morgan fingerprint density at radius 3 is 2.64 bits per heavy atom. The maximum Gasteiger partial charge on any atom is 0.248 e. The van der Waals surface area contributed by atoms with Crippen LogP contribution in [0.2, 0.25) is 0 Å². The molecule has 0 saturated heterocycles. The van der Waals surface area contributed by atoms with Gasteiger partial charge in [-0.05, 0) is 40.8 Å². The molecule has 0 unspecified atom stereocenters. The highest BCUT2D eigenvalue weighted by Crippen LogP contribution is 2.19. The first-order valence-electron chi connectivity index (χ1n) is 2.89. The van der Waals surface area contributed by atoms with Crippen molar-refractivity contribution in [1.82, 2.24) is 0 Å². The van der Waals surface area contributed by atoms with E-state index in [9.17, 15) is 4.79 Å². The molecule has 3 N–H and O–H groups in total. The molecule has 58 valence electrons. The predicted octanol–water partition coefficient (Wildman–Crippen LogP) is 1.10. The topological polar surface area (TPSA) is 63.3 Å². The van der Waals surface area contributed by atoms with E-state index in [0.717, 1.165) is 0 Å². The number of hydrogen-bond donors (Lipinski definition) is 2. The third-order valence-electron chi connectivity index (χ3n) is 1.23. The van der Waals surface area contributed by atoms with Crippen molar-refractivity contribution in [2.24, 2.45) is 5.73 Å². The van der Waals surface area contributed by atoms with Crippen molar-refractivity contribution in [2.45, 2.75) is 0 Å². The molecule has 11 heavy (non-hydrogen) atoms. The third-order valence-corrected chi connectivity index (χ3v) is 2.10. The lowest BCUT2D eigenvalue weighted by Crippen LogP contribution is -2.10. The zero-order chi connectivity index (χ0) is 8.43. The van der Waals surface area contributed by atoms with Crippen molar-refractivity contribution in [3.63, 3.8) is 0 Å². The Kier molecular flexibility index (Phi) is 2.33. The molecule has 0 atom stereocenters. The smallest absolute Gasteiger partial charge is 0.248 e. The second kappa shape index (κ2) is 3.08. The Morgan fingerprint density at radius 2 is 2.18 bits per heavy atom. The van der Waals surface area contributed by atoms with E-state index in [1.807, 2.05) is 22.6 Å². The SMILES string of the molecule is NC(=O)c1ccc(O)c(I)c1. The summed E-state index contributed by atoms with van der Waals surface area (Å²) in [6, 6.07) is 4.47. The van der Waals surface area contributed by atoms with Gasteiger partial charge in [-0.2, -0.15) is 0 Å². The van der Waals surface area contributed by atoms with Crippen molar-refractivity contribution >= 4 is 28.5 Å². The summed E-state index contributed by atoms with van der Waals surface area (Å²) in [6.07, 6.45) is 0. The minimum atomic E-state index is -0.483. The van der Waals surface area contributed by atoms with Gasteiger partial charge in [-0.25, -0.2) is 0 Å². The molecule has 0 aliphatic carbocycles. The number of carbonyl (C=O) groups is 1. The van der Waals surface area contributed by atoms with Gasteiger partial charge >= 0.3 is 0 Å². The van der Waals surface area contributed by atoms with Gasteiger partial charge in [0.15, 0.2) is 0 Å². The number of nitrogens with two attached hydrogens (primary N) is 1. The van der Waals surface area contributed by atoms with Gasteiger partial charge in [-0.1, -0.05) is 0 Å². The number of amides is 1. The summed E-state index contributed by atoms with van der Waals surface area (Å²) in [4.78, 5) is 10.6. The number of phenols is 1. The monoisotopic (exact) mass is 263 g/mol. The molecule has 3 nitrogen and oxygen atoms in total. The highest BCUT2D eigenvalue weighted by molar-refractivity contribution is 14.1. The minimum Gasteiger partial charge on any atom is -0.507 e. The number of halogens is 1. The Morgan fingerprint density at radius 1 is 1.55 bits per heavy atom. The number of benzene rings is 1. The van der Waals surface area contributed by atoms with E-state index < -0.39 is 5.91 Å². The van der Waals surface area contributed by atoms with Crippen LogP contribution < -0.4 is 5.73 Å². The third kappa shape index (κ3) is 1.83. The Labute approximate surface area is 77.4 Å². The van der Waals surface area contributed by atoms with Crippen LogP contribution in [0.5, 0.6) is 5.75 Å². The van der Waals surface area contributed by atoms with E-state index in [4.69, 9.17) is 10.8 Å². The molecule has 1 rings (SSSR count). The lowest BCUT2D eigenvalue weighted by molar-refractivity contribution is 0.1000. The van der Waals surface area contributed by atoms with E-state index in [-0.39, 0.29) is 5.75 Å². The van der Waals surface area contributed by atoms with Crippen LogP contribution in [-0.2, 0) is 0 Å². The average Bonchev–Trinajstić information content (AvgIpc) is 1.94. The standard InChI is InChI=1S/C7H6INO2/c8-5-3-4(7(9)11)1-2-6(5)10/h1-3,10H,(H2,9,11). The highest BCUT2D eigenvalue weighted by Gasteiger charge is 2.02. The van der Waals surface area contributed by atoms with Gasteiger partial charge < -0.3 is 10.8 Å². The van der Waals surface area contributed by atoms with Crippen LogP contribution >= 0.6 is 22.6 Å². The number of hydrogen-bond acceptors (Lipinski definition) is 2. The average molecular weight is 263 g/mol. The lowest BCUT2D eigenvalue weighted by Gasteiger charge is -1.97. The largest absolute Gasteiger partial charge is 0.507 e. The molecule has 4 heteroatoms. The molecule has 0 aliphatic rings. The molecule has 0 aromatic heterocycles. The number of phenolic OH excluding ortho intramolecular Hbond substituents is 1. The van der Waals surface area contributed by atoms with Crippen LogP contribution in [0.25, 0.3) is 0 Å². The maximum atomic E-state index is 10.6. The van der Waals surface area contributed by atoms with Crippen LogP contribution in [0.4, 0.5) is 0 Å². The van der Waals surface area contributed by atoms with E-state index in [0.29, 0.717) is 9.13 Å². The summed E-state index contributed by atoms with van der Waals surface area (Å²) in [5.41, 5.74) is 5.42. The molecule has 0 spiro atoms. The molecule has 1 aromatic carbocycles. The van der Waals surface area contributed by atoms with Crippen LogP contribution in [0.3, 0.4) is 0 Å². The first-order valence-corrected chi connectivity index (χ1v) is 3.97. The zero-order valence-corrected chi connectivity index (χ0v) is 7.70. The van der Waals surface area contributed by atoms with Crippen molar-refractivity contribution in [3.05, 3.63) is 27.3 Å². The molecule has 0 fully saturated rings. The van der Waals surface area contributed by atoms with Gasteiger partial charge in [-0.3, -0.25) is 4.79 Å². The van der Waals surface area contributed by atoms with Gasteiger partial charge in [0.25, 0.3) is 0 Å². The second-order valence-corrected chi connectivity index (χ2v) is 3.19. The molecular weight excluding hydrogens is 257 g/mol. The summed E-state index contributed by atoms with van der Waals surface area (Å²) < 4.78 is 0.624. The summed E-state index contributed by atoms with van der Waals surface area (Å²) in [5, 5.41) is 9.07. The molecular formula is C7H6INO2. The highest BCUT2D eigenvalue weighted by atomic mass is 127. The Hall–Kier alpha value is -0.780. The van der Waals surface area contributed by atoms with Crippen molar-refractivity contribution < 1.29 is 9.90 Å². The van der Waals surface area contributed by atoms with E-state index in [2.05, 4.69) is 0 Å². The summed E-state index contributed by atoms with van der Waals surface area (Å²) >= 11 is 1.93. The number of rotatable bonds is 1. The van der Waals surface area contributed by atoms with Gasteiger partial charge in [0, 0.05) is 5.56 Å². The molecule has 0 aliphatic heterocycles. The molecule has 0 heterocycles. The quantitative estimate of drug-likeness (QED) is 0.745. The van der Waals surface area contributed by atoms with Crippen molar-refractivity contribution in [1.29, 1.82) is 0 Å². The van der Waals surface area contributed by atoms with Crippen LogP contribution in [0, 0.1) is 3.57 Å². The molecule has 0 saturated carbocycles. The summed E-state index contributed by atoms with van der Waals surface area (Å²) in [6.45, 7) is 0. The Balaban J connectivity index is 3.15. The van der Waals surface area contributed by atoms with Crippen LogP contribution in [0.15, 0.2) is 18.2 Å². The van der Waals surface area contributed by atoms with Gasteiger partial charge in [0.2, 0.25) is 5.91 Å². The summed E-state index contributed by atoms with van der Waals surface area (Å²) in [5.74, 6) is -0.321. The van der Waals surface area contributed by atoms with Crippen molar-refractivity contribution in [2.75, 3.05) is 0 Å². The summed E-state index contributed by atoms with van der Waals surface area (Å²) in [7, 11) is 0.